The monoisotopic (exact) mass is 258 g/mol. The summed E-state index contributed by atoms with van der Waals surface area (Å²) in [5.74, 6) is -1.32. The molecular formula is C14H26O4. The first-order chi connectivity index (χ1) is 8.62. The molecule has 0 rings (SSSR count). The third kappa shape index (κ3) is 5.52. The van der Waals surface area contributed by atoms with E-state index in [1.807, 2.05) is 27.7 Å². The third-order valence-corrected chi connectivity index (χ3v) is 2.87. The van der Waals surface area contributed by atoms with Crippen molar-refractivity contribution >= 4 is 11.9 Å². The summed E-state index contributed by atoms with van der Waals surface area (Å²) < 4.78 is 10.3. The number of esters is 2. The molecule has 0 aliphatic carbocycles. The molecule has 0 aromatic rings. The molecule has 4 heteroatoms. The second-order valence-corrected chi connectivity index (χ2v) is 4.36. The summed E-state index contributed by atoms with van der Waals surface area (Å²) in [6.07, 6.45) is 2.78. The summed E-state index contributed by atoms with van der Waals surface area (Å²) in [6.45, 7) is 8.51. The van der Waals surface area contributed by atoms with Crippen LogP contribution >= 0.6 is 0 Å². The van der Waals surface area contributed by atoms with Gasteiger partial charge in [-0.3, -0.25) is 9.59 Å². The van der Waals surface area contributed by atoms with Crippen LogP contribution in [0.4, 0.5) is 0 Å². The number of rotatable bonds is 9. The summed E-state index contributed by atoms with van der Waals surface area (Å²) in [5.41, 5.74) is 0. The molecule has 0 amide bonds. The summed E-state index contributed by atoms with van der Waals surface area (Å²) in [5, 5.41) is 0. The second-order valence-electron chi connectivity index (χ2n) is 4.36. The lowest BCUT2D eigenvalue weighted by Crippen LogP contribution is -2.32. The van der Waals surface area contributed by atoms with E-state index in [-0.39, 0.29) is 23.8 Å². The largest absolute Gasteiger partial charge is 0.465 e. The van der Waals surface area contributed by atoms with E-state index in [1.165, 1.54) is 0 Å². The smallest absolute Gasteiger partial charge is 0.309 e. The molecule has 0 heterocycles. The molecule has 0 aromatic carbocycles. The fourth-order valence-corrected chi connectivity index (χ4v) is 1.85. The highest BCUT2D eigenvalue weighted by atomic mass is 16.5. The predicted octanol–water partition coefficient (Wildman–Crippen LogP) is 2.95. The number of hydrogen-bond acceptors (Lipinski definition) is 4. The summed E-state index contributed by atoms with van der Waals surface area (Å²) in [7, 11) is 0. The Labute approximate surface area is 110 Å². The highest BCUT2D eigenvalue weighted by molar-refractivity contribution is 5.82. The summed E-state index contributed by atoms with van der Waals surface area (Å²) >= 11 is 0. The van der Waals surface area contributed by atoms with Crippen molar-refractivity contribution < 1.29 is 19.1 Å². The van der Waals surface area contributed by atoms with Crippen molar-refractivity contribution in [3.05, 3.63) is 0 Å². The maximum atomic E-state index is 11.9. The van der Waals surface area contributed by atoms with E-state index in [0.717, 1.165) is 12.8 Å². The molecule has 0 aliphatic rings. The van der Waals surface area contributed by atoms with E-state index in [1.54, 1.807) is 0 Å². The predicted molar refractivity (Wildman–Crippen MR) is 70.1 cm³/mol. The van der Waals surface area contributed by atoms with E-state index < -0.39 is 0 Å². The van der Waals surface area contributed by atoms with Gasteiger partial charge in [0.2, 0.25) is 0 Å². The van der Waals surface area contributed by atoms with Crippen molar-refractivity contribution in [2.75, 3.05) is 13.2 Å². The van der Waals surface area contributed by atoms with Gasteiger partial charge in [0.05, 0.1) is 25.0 Å². The van der Waals surface area contributed by atoms with E-state index >= 15 is 0 Å². The fraction of sp³-hybridized carbons (Fsp3) is 0.857. The average molecular weight is 258 g/mol. The van der Waals surface area contributed by atoms with Crippen molar-refractivity contribution in [3.63, 3.8) is 0 Å². The molecule has 0 spiro atoms. The quantitative estimate of drug-likeness (QED) is 0.597. The molecule has 0 saturated carbocycles. The summed E-state index contributed by atoms with van der Waals surface area (Å²) in [6, 6.07) is 0. The fourth-order valence-electron chi connectivity index (χ4n) is 1.85. The SMILES string of the molecule is CCCOC(=O)C(CC)C(CC)C(=O)OCCC. The van der Waals surface area contributed by atoms with Gasteiger partial charge in [-0.25, -0.2) is 0 Å². The Morgan fingerprint density at radius 2 is 1.11 bits per heavy atom. The van der Waals surface area contributed by atoms with Gasteiger partial charge in [0.1, 0.15) is 0 Å². The first-order valence-electron chi connectivity index (χ1n) is 6.95. The van der Waals surface area contributed by atoms with Gasteiger partial charge in [-0.15, -0.1) is 0 Å². The molecule has 0 bridgehead atoms. The van der Waals surface area contributed by atoms with Crippen LogP contribution in [0.3, 0.4) is 0 Å². The van der Waals surface area contributed by atoms with Crippen LogP contribution in [-0.2, 0) is 19.1 Å². The van der Waals surface area contributed by atoms with Gasteiger partial charge in [-0.05, 0) is 25.7 Å². The van der Waals surface area contributed by atoms with Crippen LogP contribution in [0.15, 0.2) is 0 Å². The zero-order valence-electron chi connectivity index (χ0n) is 12.0. The third-order valence-electron chi connectivity index (χ3n) is 2.87. The van der Waals surface area contributed by atoms with Gasteiger partial charge in [0.25, 0.3) is 0 Å². The lowest BCUT2D eigenvalue weighted by atomic mass is 9.88. The van der Waals surface area contributed by atoms with Crippen molar-refractivity contribution in [2.24, 2.45) is 11.8 Å². The molecule has 2 unspecified atom stereocenters. The standard InChI is InChI=1S/C14H26O4/c1-5-9-17-13(15)11(7-3)12(8-4)14(16)18-10-6-2/h11-12H,5-10H2,1-4H3. The van der Waals surface area contributed by atoms with Crippen LogP contribution in [0.1, 0.15) is 53.4 Å². The molecule has 2 atom stereocenters. The van der Waals surface area contributed by atoms with Crippen LogP contribution < -0.4 is 0 Å². The maximum Gasteiger partial charge on any atom is 0.309 e. The Kier molecular flexibility index (Phi) is 9.33. The van der Waals surface area contributed by atoms with Gasteiger partial charge in [0, 0.05) is 0 Å². The Bertz CT molecular complexity index is 224. The van der Waals surface area contributed by atoms with Crippen LogP contribution in [0.2, 0.25) is 0 Å². The lowest BCUT2D eigenvalue weighted by Gasteiger charge is -2.22. The highest BCUT2D eigenvalue weighted by Crippen LogP contribution is 2.22. The number of hydrogen-bond donors (Lipinski definition) is 0. The first kappa shape index (κ1) is 16.9. The van der Waals surface area contributed by atoms with Gasteiger partial charge in [-0.2, -0.15) is 0 Å². The van der Waals surface area contributed by atoms with Gasteiger partial charge >= 0.3 is 11.9 Å². The van der Waals surface area contributed by atoms with Gasteiger partial charge in [0.15, 0.2) is 0 Å². The Morgan fingerprint density at radius 1 is 0.778 bits per heavy atom. The van der Waals surface area contributed by atoms with E-state index in [2.05, 4.69) is 0 Å². The lowest BCUT2D eigenvalue weighted by molar-refractivity contribution is -0.161. The van der Waals surface area contributed by atoms with Crippen molar-refractivity contribution in [2.45, 2.75) is 53.4 Å². The van der Waals surface area contributed by atoms with Crippen LogP contribution in [0, 0.1) is 11.8 Å². The molecule has 106 valence electrons. The Hall–Kier alpha value is -1.06. The minimum Gasteiger partial charge on any atom is -0.465 e. The van der Waals surface area contributed by atoms with Gasteiger partial charge < -0.3 is 9.47 Å². The average Bonchev–Trinajstić information content (AvgIpc) is 2.39. The van der Waals surface area contributed by atoms with E-state index in [4.69, 9.17) is 9.47 Å². The second kappa shape index (κ2) is 9.92. The molecule has 0 aromatic heterocycles. The van der Waals surface area contributed by atoms with Gasteiger partial charge in [-0.1, -0.05) is 27.7 Å². The number of carbonyl (C=O) groups is 2. The molecule has 0 radical (unpaired) electrons. The van der Waals surface area contributed by atoms with E-state index in [9.17, 15) is 9.59 Å². The number of carbonyl (C=O) groups excluding carboxylic acids is 2. The minimum atomic E-state index is -0.383. The Morgan fingerprint density at radius 3 is 1.33 bits per heavy atom. The highest BCUT2D eigenvalue weighted by Gasteiger charge is 2.33. The van der Waals surface area contributed by atoms with Crippen molar-refractivity contribution in [3.8, 4) is 0 Å². The molecule has 0 N–H and O–H groups in total. The normalized spacial score (nSPS) is 13.8. The van der Waals surface area contributed by atoms with Crippen LogP contribution in [-0.4, -0.2) is 25.2 Å². The topological polar surface area (TPSA) is 52.6 Å². The molecule has 0 fully saturated rings. The van der Waals surface area contributed by atoms with Crippen LogP contribution in [0.25, 0.3) is 0 Å². The van der Waals surface area contributed by atoms with Crippen LogP contribution in [0.5, 0.6) is 0 Å². The molecule has 4 nitrogen and oxygen atoms in total. The minimum absolute atomic E-state index is 0.278. The molecule has 0 saturated heterocycles. The molecule has 0 aliphatic heterocycles. The Balaban J connectivity index is 4.55. The number of ether oxygens (including phenoxy) is 2. The first-order valence-corrected chi connectivity index (χ1v) is 6.95. The maximum absolute atomic E-state index is 11.9. The van der Waals surface area contributed by atoms with E-state index in [0.29, 0.717) is 26.1 Å². The van der Waals surface area contributed by atoms with Crippen molar-refractivity contribution in [1.82, 2.24) is 0 Å². The zero-order chi connectivity index (χ0) is 14.0. The molecular weight excluding hydrogens is 232 g/mol. The molecule has 18 heavy (non-hydrogen) atoms. The van der Waals surface area contributed by atoms with Crippen molar-refractivity contribution in [1.29, 1.82) is 0 Å². The summed E-state index contributed by atoms with van der Waals surface area (Å²) in [4.78, 5) is 23.8. The zero-order valence-corrected chi connectivity index (χ0v) is 12.0.